The van der Waals surface area contributed by atoms with Crippen LogP contribution in [0.3, 0.4) is 0 Å². The van der Waals surface area contributed by atoms with Crippen LogP contribution in [0.15, 0.2) is 6.20 Å². The summed E-state index contributed by atoms with van der Waals surface area (Å²) in [6.45, 7) is 1.87. The fraction of sp³-hybridized carbons (Fsp3) is 0.667. The number of hydrogen-bond donors (Lipinski definition) is 2. The van der Waals surface area contributed by atoms with Gasteiger partial charge in [-0.15, -0.1) is 5.10 Å². The minimum absolute atomic E-state index is 0.325. The lowest BCUT2D eigenvalue weighted by atomic mass is 10.2. The molecule has 1 aromatic rings. The second-order valence-electron chi connectivity index (χ2n) is 3.84. The second-order valence-corrected chi connectivity index (χ2v) is 3.84. The molecule has 2 rings (SSSR count). The fourth-order valence-corrected chi connectivity index (χ4v) is 1.73. The maximum absolute atomic E-state index is 5.81. The Labute approximate surface area is 83.1 Å². The summed E-state index contributed by atoms with van der Waals surface area (Å²) >= 11 is 0. The van der Waals surface area contributed by atoms with Crippen molar-refractivity contribution >= 4 is 5.95 Å². The van der Waals surface area contributed by atoms with E-state index in [2.05, 4.69) is 20.5 Å². The first kappa shape index (κ1) is 9.33. The van der Waals surface area contributed by atoms with Crippen molar-refractivity contribution in [1.29, 1.82) is 0 Å². The van der Waals surface area contributed by atoms with Crippen molar-refractivity contribution in [3.63, 3.8) is 0 Å². The van der Waals surface area contributed by atoms with Crippen molar-refractivity contribution in [1.82, 2.24) is 15.2 Å². The van der Waals surface area contributed by atoms with Gasteiger partial charge in [0.15, 0.2) is 0 Å². The Bertz CT molecular complexity index is 297. The minimum Gasteiger partial charge on any atom is -0.350 e. The summed E-state index contributed by atoms with van der Waals surface area (Å²) < 4.78 is 0. The van der Waals surface area contributed by atoms with Crippen LogP contribution in [0.5, 0.6) is 0 Å². The molecule has 3 N–H and O–H groups in total. The molecule has 76 valence electrons. The Kier molecular flexibility index (Phi) is 2.58. The Hall–Kier alpha value is -1.23. The van der Waals surface area contributed by atoms with E-state index >= 15 is 0 Å². The van der Waals surface area contributed by atoms with E-state index < -0.39 is 0 Å². The largest absolute Gasteiger partial charge is 0.350 e. The van der Waals surface area contributed by atoms with Crippen LogP contribution in [0.25, 0.3) is 0 Å². The van der Waals surface area contributed by atoms with Crippen LogP contribution in [-0.4, -0.2) is 27.3 Å². The van der Waals surface area contributed by atoms with Gasteiger partial charge in [-0.25, -0.2) is 4.98 Å². The summed E-state index contributed by atoms with van der Waals surface area (Å²) in [4.78, 5) is 4.14. The average Bonchev–Trinajstić information content (AvgIpc) is 2.56. The van der Waals surface area contributed by atoms with Crippen molar-refractivity contribution in [2.75, 3.05) is 5.32 Å². The van der Waals surface area contributed by atoms with Crippen LogP contribution >= 0.6 is 0 Å². The van der Waals surface area contributed by atoms with Gasteiger partial charge in [-0.05, 0) is 26.2 Å². The SMILES string of the molecule is Cc1cnc(N[C@@H]2CC[C@@H](N)C2)nn1. The molecule has 0 amide bonds. The number of anilines is 1. The van der Waals surface area contributed by atoms with Gasteiger partial charge in [0.2, 0.25) is 5.95 Å². The Morgan fingerprint density at radius 2 is 2.29 bits per heavy atom. The standard InChI is InChI=1S/C9H15N5/c1-6-5-11-9(14-13-6)12-8-3-2-7(10)4-8/h5,7-8H,2-4,10H2,1H3,(H,11,12,14)/t7-,8-/m1/s1. The van der Waals surface area contributed by atoms with Gasteiger partial charge in [0.1, 0.15) is 0 Å². The lowest BCUT2D eigenvalue weighted by Gasteiger charge is -2.10. The first-order valence-electron chi connectivity index (χ1n) is 4.92. The van der Waals surface area contributed by atoms with Crippen LogP contribution < -0.4 is 11.1 Å². The normalized spacial score (nSPS) is 26.4. The third kappa shape index (κ3) is 2.17. The summed E-state index contributed by atoms with van der Waals surface area (Å²) in [6, 6.07) is 0.736. The number of rotatable bonds is 2. The monoisotopic (exact) mass is 193 g/mol. The lowest BCUT2D eigenvalue weighted by molar-refractivity contribution is 0.683. The molecule has 0 aliphatic heterocycles. The molecule has 1 fully saturated rings. The predicted molar refractivity (Wildman–Crippen MR) is 53.8 cm³/mol. The zero-order chi connectivity index (χ0) is 9.97. The Balaban J connectivity index is 1.94. The molecule has 1 aliphatic carbocycles. The van der Waals surface area contributed by atoms with Crippen molar-refractivity contribution in [3.8, 4) is 0 Å². The summed E-state index contributed by atoms with van der Waals surface area (Å²) in [6.07, 6.45) is 4.89. The molecule has 5 nitrogen and oxygen atoms in total. The summed E-state index contributed by atoms with van der Waals surface area (Å²) in [5, 5.41) is 11.1. The van der Waals surface area contributed by atoms with E-state index in [1.165, 1.54) is 0 Å². The van der Waals surface area contributed by atoms with Gasteiger partial charge in [0, 0.05) is 12.1 Å². The highest BCUT2D eigenvalue weighted by Gasteiger charge is 2.21. The van der Waals surface area contributed by atoms with Gasteiger partial charge in [0.05, 0.1) is 11.9 Å². The van der Waals surface area contributed by atoms with Gasteiger partial charge >= 0.3 is 0 Å². The molecule has 14 heavy (non-hydrogen) atoms. The first-order valence-corrected chi connectivity index (χ1v) is 4.92. The number of nitrogens with one attached hydrogen (secondary N) is 1. The topological polar surface area (TPSA) is 76.7 Å². The van der Waals surface area contributed by atoms with Gasteiger partial charge < -0.3 is 11.1 Å². The summed E-state index contributed by atoms with van der Waals surface area (Å²) in [5.41, 5.74) is 6.64. The molecule has 0 spiro atoms. The lowest BCUT2D eigenvalue weighted by Crippen LogP contribution is -2.21. The van der Waals surface area contributed by atoms with Crippen molar-refractivity contribution in [3.05, 3.63) is 11.9 Å². The number of aromatic nitrogens is 3. The average molecular weight is 193 g/mol. The highest BCUT2D eigenvalue weighted by Crippen LogP contribution is 2.19. The zero-order valence-electron chi connectivity index (χ0n) is 8.27. The van der Waals surface area contributed by atoms with Gasteiger partial charge in [-0.1, -0.05) is 0 Å². The van der Waals surface area contributed by atoms with Crippen LogP contribution in [0.4, 0.5) is 5.95 Å². The maximum Gasteiger partial charge on any atom is 0.242 e. The van der Waals surface area contributed by atoms with Crippen LogP contribution in [0, 0.1) is 6.92 Å². The molecule has 0 bridgehead atoms. The molecule has 1 aromatic heterocycles. The third-order valence-corrected chi connectivity index (χ3v) is 2.48. The Morgan fingerprint density at radius 1 is 1.43 bits per heavy atom. The predicted octanol–water partition coefficient (Wildman–Crippen LogP) is 0.472. The highest BCUT2D eigenvalue weighted by molar-refractivity contribution is 5.24. The number of aryl methyl sites for hydroxylation is 1. The number of nitrogens with zero attached hydrogens (tertiary/aromatic N) is 3. The number of nitrogens with two attached hydrogens (primary N) is 1. The minimum atomic E-state index is 0.325. The van der Waals surface area contributed by atoms with Gasteiger partial charge in [-0.3, -0.25) is 0 Å². The molecule has 0 unspecified atom stereocenters. The number of hydrogen-bond acceptors (Lipinski definition) is 5. The Morgan fingerprint density at radius 3 is 2.86 bits per heavy atom. The van der Waals surface area contributed by atoms with E-state index in [4.69, 9.17) is 5.73 Å². The van der Waals surface area contributed by atoms with Crippen LogP contribution in [0.1, 0.15) is 25.0 Å². The van der Waals surface area contributed by atoms with Crippen molar-refractivity contribution in [2.24, 2.45) is 5.73 Å². The molecule has 1 heterocycles. The van der Waals surface area contributed by atoms with Gasteiger partial charge in [-0.2, -0.15) is 5.10 Å². The van der Waals surface area contributed by atoms with E-state index in [9.17, 15) is 0 Å². The molecule has 0 radical (unpaired) electrons. The van der Waals surface area contributed by atoms with E-state index in [1.54, 1.807) is 6.20 Å². The molecule has 2 atom stereocenters. The van der Waals surface area contributed by atoms with Crippen LogP contribution in [-0.2, 0) is 0 Å². The van der Waals surface area contributed by atoms with E-state index in [0.717, 1.165) is 25.0 Å². The molecule has 0 saturated heterocycles. The van der Waals surface area contributed by atoms with E-state index in [0.29, 0.717) is 18.0 Å². The first-order chi connectivity index (χ1) is 6.74. The smallest absolute Gasteiger partial charge is 0.242 e. The highest BCUT2D eigenvalue weighted by atomic mass is 15.2. The molecule has 1 saturated carbocycles. The molecular weight excluding hydrogens is 178 g/mol. The van der Waals surface area contributed by atoms with Gasteiger partial charge in [0.25, 0.3) is 0 Å². The molecule has 1 aliphatic rings. The fourth-order valence-electron chi connectivity index (χ4n) is 1.73. The maximum atomic E-state index is 5.81. The van der Waals surface area contributed by atoms with Crippen molar-refractivity contribution < 1.29 is 0 Å². The quantitative estimate of drug-likeness (QED) is 0.714. The zero-order valence-corrected chi connectivity index (χ0v) is 8.27. The van der Waals surface area contributed by atoms with E-state index in [-0.39, 0.29) is 0 Å². The van der Waals surface area contributed by atoms with Crippen molar-refractivity contribution in [2.45, 2.75) is 38.3 Å². The molecule has 0 aromatic carbocycles. The second kappa shape index (κ2) is 3.88. The molecular formula is C9H15N5. The summed E-state index contributed by atoms with van der Waals surface area (Å²) in [7, 11) is 0. The van der Waals surface area contributed by atoms with E-state index in [1.807, 2.05) is 6.92 Å². The molecule has 5 heteroatoms. The summed E-state index contributed by atoms with van der Waals surface area (Å²) in [5.74, 6) is 0.606. The third-order valence-electron chi connectivity index (χ3n) is 2.48. The van der Waals surface area contributed by atoms with Crippen LogP contribution in [0.2, 0.25) is 0 Å².